The van der Waals surface area contributed by atoms with Crippen molar-refractivity contribution in [2.75, 3.05) is 13.1 Å². The molecule has 32 heavy (non-hydrogen) atoms. The zero-order chi connectivity index (χ0) is 22.6. The number of carbonyl (C=O) groups excluding carboxylic acids is 1. The second-order valence-corrected chi connectivity index (χ2v) is 9.21. The number of fused-ring (bicyclic) bond motifs is 1. The number of hydrogen-bond donors (Lipinski definition) is 2. The lowest BCUT2D eigenvalue weighted by Gasteiger charge is -2.41. The van der Waals surface area contributed by atoms with Crippen molar-refractivity contribution in [2.45, 2.75) is 38.2 Å². The van der Waals surface area contributed by atoms with Gasteiger partial charge in [0.25, 0.3) is 0 Å². The molecule has 2 aliphatic rings. The molecule has 0 unspecified atom stereocenters. The molecule has 3 aromatic rings. The molecule has 4 nitrogen and oxygen atoms in total. The minimum Gasteiger partial charge on any atom is -0.393 e. The van der Waals surface area contributed by atoms with Gasteiger partial charge in [-0.05, 0) is 72.6 Å². The quantitative estimate of drug-likeness (QED) is 0.602. The Morgan fingerprint density at radius 1 is 1.09 bits per heavy atom. The van der Waals surface area contributed by atoms with Crippen molar-refractivity contribution in [2.24, 2.45) is 11.8 Å². The van der Waals surface area contributed by atoms with E-state index in [0.717, 1.165) is 11.6 Å². The van der Waals surface area contributed by atoms with Gasteiger partial charge < -0.3 is 15.0 Å². The van der Waals surface area contributed by atoms with Gasteiger partial charge in [0, 0.05) is 30.5 Å². The van der Waals surface area contributed by atoms with Crippen molar-refractivity contribution in [3.63, 3.8) is 0 Å². The zero-order valence-corrected chi connectivity index (χ0v) is 17.7. The number of rotatable bonds is 3. The first-order chi connectivity index (χ1) is 15.3. The minimum atomic E-state index is -0.678. The van der Waals surface area contributed by atoms with E-state index < -0.39 is 11.6 Å². The smallest absolute Gasteiger partial charge is 0.225 e. The fourth-order valence-electron chi connectivity index (χ4n) is 5.16. The number of H-pyrrole nitrogens is 1. The number of piperidine rings is 1. The molecule has 2 atom stereocenters. The molecule has 2 aromatic carbocycles. The number of nitrogens with zero attached hydrogens (tertiary/aromatic N) is 1. The average Bonchev–Trinajstić information content (AvgIpc) is 3.09. The third-order valence-electron chi connectivity index (χ3n) is 7.06. The molecule has 2 fully saturated rings. The molecule has 1 saturated heterocycles. The number of amides is 1. The van der Waals surface area contributed by atoms with Crippen LogP contribution < -0.4 is 0 Å². The largest absolute Gasteiger partial charge is 0.393 e. The van der Waals surface area contributed by atoms with Gasteiger partial charge in [0.05, 0.1) is 17.3 Å². The topological polar surface area (TPSA) is 56.3 Å². The van der Waals surface area contributed by atoms with Crippen LogP contribution in [-0.4, -0.2) is 40.1 Å². The van der Waals surface area contributed by atoms with E-state index in [1.807, 2.05) is 11.8 Å². The van der Waals surface area contributed by atoms with Crippen molar-refractivity contribution < 1.29 is 23.1 Å². The maximum atomic E-state index is 14.5. The van der Waals surface area contributed by atoms with E-state index in [1.54, 1.807) is 12.1 Å². The number of nitrogens with one attached hydrogen (secondary N) is 1. The van der Waals surface area contributed by atoms with E-state index in [0.29, 0.717) is 49.0 Å². The van der Waals surface area contributed by atoms with Gasteiger partial charge in [0.1, 0.15) is 17.5 Å². The molecule has 2 heterocycles. The van der Waals surface area contributed by atoms with Gasteiger partial charge in [0.15, 0.2) is 0 Å². The summed E-state index contributed by atoms with van der Waals surface area (Å²) in [6, 6.07) is 8.05. The van der Waals surface area contributed by atoms with Gasteiger partial charge in [-0.2, -0.15) is 0 Å². The number of carbonyl (C=O) groups is 1. The van der Waals surface area contributed by atoms with E-state index in [1.165, 1.54) is 18.2 Å². The Kier molecular flexibility index (Phi) is 5.24. The first-order valence-electron chi connectivity index (χ1n) is 11.0. The summed E-state index contributed by atoms with van der Waals surface area (Å²) >= 11 is 0. The Morgan fingerprint density at radius 3 is 2.50 bits per heavy atom. The van der Waals surface area contributed by atoms with Gasteiger partial charge in [0.2, 0.25) is 5.91 Å². The summed E-state index contributed by atoms with van der Waals surface area (Å²) < 4.78 is 42.0. The van der Waals surface area contributed by atoms with Crippen LogP contribution in [0.15, 0.2) is 36.4 Å². The van der Waals surface area contributed by atoms with Gasteiger partial charge >= 0.3 is 0 Å². The molecule has 5 rings (SSSR count). The van der Waals surface area contributed by atoms with Crippen LogP contribution in [0.4, 0.5) is 13.2 Å². The monoisotopic (exact) mass is 442 g/mol. The summed E-state index contributed by atoms with van der Waals surface area (Å²) in [5, 5.41) is 10.4. The second kappa shape index (κ2) is 7.96. The van der Waals surface area contributed by atoms with Crippen LogP contribution in [0.25, 0.3) is 22.2 Å². The Bertz CT molecular complexity index is 1170. The molecule has 7 heteroatoms. The summed E-state index contributed by atoms with van der Waals surface area (Å²) in [5.41, 5.74) is 2.31. The van der Waals surface area contributed by atoms with Gasteiger partial charge in [-0.15, -0.1) is 0 Å². The molecule has 1 amide bonds. The number of benzene rings is 2. The third kappa shape index (κ3) is 3.58. The molecule has 0 bridgehead atoms. The molecule has 1 aromatic heterocycles. The zero-order valence-electron chi connectivity index (χ0n) is 17.7. The average molecular weight is 442 g/mol. The Balaban J connectivity index is 1.45. The van der Waals surface area contributed by atoms with E-state index in [2.05, 4.69) is 4.98 Å². The maximum absolute atomic E-state index is 14.5. The van der Waals surface area contributed by atoms with Crippen molar-refractivity contribution in [3.05, 3.63) is 59.4 Å². The Labute approximate surface area is 184 Å². The molecule has 0 radical (unpaired) electrons. The van der Waals surface area contributed by atoms with Crippen LogP contribution in [0, 0.1) is 29.3 Å². The van der Waals surface area contributed by atoms with E-state index in [-0.39, 0.29) is 41.1 Å². The molecule has 0 spiro atoms. The Morgan fingerprint density at radius 2 is 1.81 bits per heavy atom. The van der Waals surface area contributed by atoms with Crippen LogP contribution in [0.5, 0.6) is 0 Å². The first-order valence-corrected chi connectivity index (χ1v) is 11.0. The number of halogens is 3. The number of aromatic nitrogens is 1. The maximum Gasteiger partial charge on any atom is 0.225 e. The number of aromatic amines is 1. The highest BCUT2D eigenvalue weighted by molar-refractivity contribution is 5.92. The normalized spacial score (nSPS) is 25.7. The number of hydrogen-bond acceptors (Lipinski definition) is 2. The predicted octanol–water partition coefficient (Wildman–Crippen LogP) is 4.98. The number of likely N-dealkylation sites (tertiary alicyclic amines) is 1. The summed E-state index contributed by atoms with van der Waals surface area (Å²) in [5.74, 6) is -1.76. The van der Waals surface area contributed by atoms with Gasteiger partial charge in [-0.25, -0.2) is 13.2 Å². The third-order valence-corrected chi connectivity index (χ3v) is 7.06. The lowest BCUT2D eigenvalue weighted by molar-refractivity contribution is -0.142. The highest BCUT2D eigenvalue weighted by Gasteiger charge is 2.41. The van der Waals surface area contributed by atoms with E-state index in [4.69, 9.17) is 0 Å². The van der Waals surface area contributed by atoms with Crippen molar-refractivity contribution >= 4 is 16.8 Å². The van der Waals surface area contributed by atoms with Crippen LogP contribution >= 0.6 is 0 Å². The number of aliphatic hydroxyl groups excluding tert-OH is 1. The molecular formula is C25H25F3N2O2. The van der Waals surface area contributed by atoms with E-state index >= 15 is 0 Å². The molecule has 1 aliphatic heterocycles. The summed E-state index contributed by atoms with van der Waals surface area (Å²) in [7, 11) is 0. The fourth-order valence-corrected chi connectivity index (χ4v) is 5.16. The Hall–Kier alpha value is -2.80. The van der Waals surface area contributed by atoms with Crippen LogP contribution in [-0.2, 0) is 4.79 Å². The van der Waals surface area contributed by atoms with Crippen LogP contribution in [0.3, 0.4) is 0 Å². The predicted molar refractivity (Wildman–Crippen MR) is 115 cm³/mol. The molecule has 1 aliphatic carbocycles. The van der Waals surface area contributed by atoms with Crippen molar-refractivity contribution in [3.8, 4) is 11.3 Å². The lowest BCUT2D eigenvalue weighted by Crippen LogP contribution is -2.49. The van der Waals surface area contributed by atoms with Crippen LogP contribution in [0.2, 0.25) is 0 Å². The minimum absolute atomic E-state index is 0.0354. The second-order valence-electron chi connectivity index (χ2n) is 9.21. The number of aliphatic hydroxyl groups is 1. The summed E-state index contributed by atoms with van der Waals surface area (Å²) in [6.07, 6.45) is 1.39. The van der Waals surface area contributed by atoms with E-state index in [9.17, 15) is 23.1 Å². The first kappa shape index (κ1) is 21.1. The molecule has 1 saturated carbocycles. The fraction of sp³-hybridized carbons (Fsp3) is 0.400. The lowest BCUT2D eigenvalue weighted by atomic mass is 9.69. The summed E-state index contributed by atoms with van der Waals surface area (Å²) in [6.45, 7) is 3.04. The van der Waals surface area contributed by atoms with Crippen molar-refractivity contribution in [1.82, 2.24) is 9.88 Å². The molecule has 168 valence electrons. The van der Waals surface area contributed by atoms with Gasteiger partial charge in [-0.1, -0.05) is 6.92 Å². The van der Waals surface area contributed by atoms with Gasteiger partial charge in [-0.3, -0.25) is 4.79 Å². The van der Waals surface area contributed by atoms with Crippen molar-refractivity contribution in [1.29, 1.82) is 0 Å². The highest BCUT2D eigenvalue weighted by Crippen LogP contribution is 2.49. The standard InChI is InChI=1S/C25H25F3N2O2/c1-13-12-30(7-6-21(13)31)25(32)16-8-15(9-16)22-19-10-18(27)11-20(28)24(19)29-23(22)14-2-4-17(26)5-3-14/h2-5,10-11,13,15-16,21,29,31H,6-9,12H2,1H3/t13-,15?,16?,21-/m0/s1. The highest BCUT2D eigenvalue weighted by atomic mass is 19.1. The molecule has 2 N–H and O–H groups in total. The summed E-state index contributed by atoms with van der Waals surface area (Å²) in [4.78, 5) is 17.9. The van der Waals surface area contributed by atoms with Crippen LogP contribution in [0.1, 0.15) is 37.7 Å². The SMILES string of the molecule is C[C@H]1CN(C(=O)C2CC(c3c(-c4ccc(F)cc4)[nH]c4c(F)cc(F)cc34)C2)CC[C@@H]1O. The molecular weight excluding hydrogens is 417 g/mol.